The van der Waals surface area contributed by atoms with Crippen LogP contribution >= 0.6 is 11.5 Å². The fourth-order valence-electron chi connectivity index (χ4n) is 2.72. The number of hydrogen-bond donors (Lipinski definition) is 0. The van der Waals surface area contributed by atoms with Crippen LogP contribution in [-0.4, -0.2) is 23.8 Å². The maximum absolute atomic E-state index is 5.73. The lowest BCUT2D eigenvalue weighted by atomic mass is 9.80. The van der Waals surface area contributed by atoms with Gasteiger partial charge in [-0.25, -0.2) is 0 Å². The summed E-state index contributed by atoms with van der Waals surface area (Å²) >= 11 is 1.42. The molecule has 0 bridgehead atoms. The van der Waals surface area contributed by atoms with Crippen molar-refractivity contribution in [2.45, 2.75) is 52.4 Å². The van der Waals surface area contributed by atoms with E-state index in [9.17, 15) is 0 Å². The van der Waals surface area contributed by atoms with Crippen LogP contribution in [0.25, 0.3) is 10.2 Å². The summed E-state index contributed by atoms with van der Waals surface area (Å²) in [7, 11) is 3.38. The summed E-state index contributed by atoms with van der Waals surface area (Å²) in [6.07, 6.45) is 0. The lowest BCUT2D eigenvalue weighted by Gasteiger charge is -2.29. The number of rotatable bonds is 2. The molecule has 0 fully saturated rings. The van der Waals surface area contributed by atoms with Crippen LogP contribution in [0, 0.1) is 0 Å². The van der Waals surface area contributed by atoms with Gasteiger partial charge in [0.2, 0.25) is 0 Å². The van der Waals surface area contributed by atoms with E-state index in [2.05, 4.69) is 51.1 Å². The smallest absolute Gasteiger partial charge is 0.167 e. The van der Waals surface area contributed by atoms with Gasteiger partial charge in [0.15, 0.2) is 11.5 Å². The summed E-state index contributed by atoms with van der Waals surface area (Å²) in [6.45, 7) is 13.0. The topological polar surface area (TPSA) is 44.2 Å². The minimum atomic E-state index is -0.108. The van der Waals surface area contributed by atoms with Gasteiger partial charge in [-0.2, -0.15) is 0 Å². The Morgan fingerprint density at radius 2 is 1.29 bits per heavy atom. The summed E-state index contributed by atoms with van der Waals surface area (Å²) in [5.41, 5.74) is 2.90. The zero-order valence-electron chi connectivity index (χ0n) is 14.1. The maximum Gasteiger partial charge on any atom is 0.167 e. The van der Waals surface area contributed by atoms with E-state index in [0.717, 1.165) is 32.8 Å². The largest absolute Gasteiger partial charge is 0.492 e. The Morgan fingerprint density at radius 3 is 1.71 bits per heavy atom. The van der Waals surface area contributed by atoms with Crippen LogP contribution in [-0.2, 0) is 10.8 Å². The predicted molar refractivity (Wildman–Crippen MR) is 87.9 cm³/mol. The van der Waals surface area contributed by atoms with Crippen LogP contribution in [0.2, 0.25) is 0 Å². The van der Waals surface area contributed by atoms with Crippen molar-refractivity contribution >= 4 is 21.7 Å². The van der Waals surface area contributed by atoms with Crippen molar-refractivity contribution in [3.05, 3.63) is 11.1 Å². The van der Waals surface area contributed by atoms with Crippen molar-refractivity contribution in [2.75, 3.05) is 14.2 Å². The number of benzene rings is 1. The lowest BCUT2D eigenvalue weighted by molar-refractivity contribution is 0.338. The molecule has 0 aliphatic heterocycles. The number of methoxy groups -OCH3 is 2. The quantitative estimate of drug-likeness (QED) is 0.829. The second kappa shape index (κ2) is 5.13. The molecule has 1 aromatic heterocycles. The summed E-state index contributed by atoms with van der Waals surface area (Å²) in [5.74, 6) is 1.57. The summed E-state index contributed by atoms with van der Waals surface area (Å²) in [4.78, 5) is 0. The number of hydrogen-bond acceptors (Lipinski definition) is 5. The highest BCUT2D eigenvalue weighted by molar-refractivity contribution is 7.13. The van der Waals surface area contributed by atoms with Crippen LogP contribution < -0.4 is 9.47 Å². The summed E-state index contributed by atoms with van der Waals surface area (Å²) < 4.78 is 16.7. The molecule has 0 radical (unpaired) electrons. The molecule has 4 nitrogen and oxygen atoms in total. The first kappa shape index (κ1) is 16.0. The van der Waals surface area contributed by atoms with Gasteiger partial charge in [0.1, 0.15) is 5.52 Å². The van der Waals surface area contributed by atoms with E-state index in [0.29, 0.717) is 0 Å². The van der Waals surface area contributed by atoms with Gasteiger partial charge >= 0.3 is 0 Å². The van der Waals surface area contributed by atoms with E-state index in [1.165, 1.54) is 11.5 Å². The van der Waals surface area contributed by atoms with E-state index in [1.54, 1.807) is 14.2 Å². The minimum Gasteiger partial charge on any atom is -0.492 e. The van der Waals surface area contributed by atoms with Crippen molar-refractivity contribution in [3.63, 3.8) is 0 Å². The first-order valence-corrected chi connectivity index (χ1v) is 7.81. The summed E-state index contributed by atoms with van der Waals surface area (Å²) in [5, 5.41) is 4.38. The fraction of sp³-hybridized carbons (Fsp3) is 0.625. The van der Waals surface area contributed by atoms with E-state index in [1.807, 2.05) is 0 Å². The van der Waals surface area contributed by atoms with E-state index >= 15 is 0 Å². The Bertz CT molecular complexity index is 607. The molecular formula is C16H24N2O2S. The zero-order valence-corrected chi connectivity index (χ0v) is 14.9. The molecule has 0 aliphatic rings. The zero-order chi connectivity index (χ0) is 16.0. The van der Waals surface area contributed by atoms with Crippen LogP contribution in [0.15, 0.2) is 0 Å². The van der Waals surface area contributed by atoms with Gasteiger partial charge < -0.3 is 9.47 Å². The highest BCUT2D eigenvalue weighted by atomic mass is 32.1. The van der Waals surface area contributed by atoms with Gasteiger partial charge in [-0.15, -0.1) is 5.10 Å². The van der Waals surface area contributed by atoms with Crippen LogP contribution in [0.5, 0.6) is 11.5 Å². The van der Waals surface area contributed by atoms with E-state index in [4.69, 9.17) is 9.47 Å². The Balaban J connectivity index is 3.05. The Hall–Kier alpha value is -1.36. The third-order valence-corrected chi connectivity index (χ3v) is 4.26. The maximum atomic E-state index is 5.73. The molecule has 0 spiro atoms. The van der Waals surface area contributed by atoms with Crippen molar-refractivity contribution < 1.29 is 9.47 Å². The standard InChI is InChI=1S/C16H24N2O2S/c1-15(2,3)9-11-14(21-18-17-11)10(16(4,5)6)13(20-8)12(9)19-7/h1-8H3. The second-order valence-electron chi connectivity index (χ2n) is 7.27. The van der Waals surface area contributed by atoms with Crippen molar-refractivity contribution in [3.8, 4) is 11.5 Å². The molecular weight excluding hydrogens is 284 g/mol. The monoisotopic (exact) mass is 308 g/mol. The molecule has 0 saturated carbocycles. The predicted octanol–water partition coefficient (Wildman–Crippen LogP) is 4.30. The van der Waals surface area contributed by atoms with Crippen molar-refractivity contribution in [1.29, 1.82) is 0 Å². The van der Waals surface area contributed by atoms with Gasteiger partial charge in [-0.1, -0.05) is 46.0 Å². The van der Waals surface area contributed by atoms with Crippen molar-refractivity contribution in [2.24, 2.45) is 0 Å². The SMILES string of the molecule is COc1c(OC)c(C(C)(C)C)c2snnc2c1C(C)(C)C. The summed E-state index contributed by atoms with van der Waals surface area (Å²) in [6, 6.07) is 0. The number of fused-ring (bicyclic) bond motifs is 1. The Labute approximate surface area is 130 Å². The first-order chi connectivity index (χ1) is 9.62. The molecule has 21 heavy (non-hydrogen) atoms. The van der Waals surface area contributed by atoms with Crippen LogP contribution in [0.4, 0.5) is 0 Å². The number of ether oxygens (including phenoxy) is 2. The molecule has 0 aliphatic carbocycles. The van der Waals surface area contributed by atoms with Gasteiger partial charge in [0.25, 0.3) is 0 Å². The van der Waals surface area contributed by atoms with Crippen molar-refractivity contribution in [1.82, 2.24) is 9.59 Å². The molecule has 0 amide bonds. The molecule has 2 aromatic rings. The molecule has 0 atom stereocenters. The van der Waals surface area contributed by atoms with Crippen LogP contribution in [0.3, 0.4) is 0 Å². The van der Waals surface area contributed by atoms with Gasteiger partial charge in [0.05, 0.1) is 18.9 Å². The number of nitrogens with zero attached hydrogens (tertiary/aromatic N) is 2. The molecule has 0 saturated heterocycles. The third kappa shape index (κ3) is 2.59. The van der Waals surface area contributed by atoms with Gasteiger partial charge in [0, 0.05) is 11.1 Å². The van der Waals surface area contributed by atoms with Crippen LogP contribution in [0.1, 0.15) is 52.7 Å². The van der Waals surface area contributed by atoms with Gasteiger partial charge in [-0.05, 0) is 22.4 Å². The normalized spacial score (nSPS) is 12.8. The average molecular weight is 308 g/mol. The van der Waals surface area contributed by atoms with Gasteiger partial charge in [-0.3, -0.25) is 0 Å². The van der Waals surface area contributed by atoms with E-state index < -0.39 is 0 Å². The number of aromatic nitrogens is 2. The highest BCUT2D eigenvalue weighted by Crippen LogP contribution is 2.50. The Kier molecular flexibility index (Phi) is 3.91. The molecule has 1 aromatic carbocycles. The fourth-order valence-corrected chi connectivity index (χ4v) is 3.65. The minimum absolute atomic E-state index is 0.0818. The molecule has 2 rings (SSSR count). The second-order valence-corrected chi connectivity index (χ2v) is 8.02. The molecule has 0 N–H and O–H groups in total. The molecule has 1 heterocycles. The Morgan fingerprint density at radius 1 is 0.810 bits per heavy atom. The average Bonchev–Trinajstić information content (AvgIpc) is 2.80. The highest BCUT2D eigenvalue weighted by Gasteiger charge is 2.34. The first-order valence-electron chi connectivity index (χ1n) is 7.04. The molecule has 0 unspecified atom stereocenters. The third-order valence-electron chi connectivity index (χ3n) is 3.52. The lowest BCUT2D eigenvalue weighted by Crippen LogP contribution is -2.19. The molecule has 116 valence electrons. The van der Waals surface area contributed by atoms with E-state index in [-0.39, 0.29) is 10.8 Å². The molecule has 5 heteroatoms.